The van der Waals surface area contributed by atoms with E-state index in [2.05, 4.69) is 40.1 Å². The molecule has 0 aliphatic rings. The first-order valence-electron chi connectivity index (χ1n) is 4.36. The van der Waals surface area contributed by atoms with Gasteiger partial charge in [-0.1, -0.05) is 19.9 Å². The van der Waals surface area contributed by atoms with Crippen LogP contribution in [0.15, 0.2) is 24.5 Å². The van der Waals surface area contributed by atoms with Crippen molar-refractivity contribution in [2.75, 3.05) is 6.54 Å². The summed E-state index contributed by atoms with van der Waals surface area (Å²) < 4.78 is 0. The van der Waals surface area contributed by atoms with Crippen LogP contribution >= 0.6 is 15.9 Å². The second-order valence-electron chi connectivity index (χ2n) is 3.75. The summed E-state index contributed by atoms with van der Waals surface area (Å²) >= 11 is 2.83. The second kappa shape index (κ2) is 4.55. The lowest BCUT2D eigenvalue weighted by Gasteiger charge is -2.24. The van der Waals surface area contributed by atoms with Crippen molar-refractivity contribution in [3.8, 4) is 0 Å². The molecule has 0 saturated carbocycles. The molecule has 0 aromatic carbocycles. The van der Waals surface area contributed by atoms with Crippen LogP contribution in [0.3, 0.4) is 0 Å². The monoisotopic (exact) mass is 256 g/mol. The molecule has 0 aliphatic carbocycles. The number of nitrogens with zero attached hydrogens (tertiary/aromatic N) is 1. The van der Waals surface area contributed by atoms with Crippen molar-refractivity contribution in [3.05, 3.63) is 30.1 Å². The highest BCUT2D eigenvalue weighted by molar-refractivity contribution is 9.18. The van der Waals surface area contributed by atoms with Crippen molar-refractivity contribution < 1.29 is 4.79 Å². The highest BCUT2D eigenvalue weighted by Crippen LogP contribution is 2.20. The number of hydrogen-bond donors (Lipinski definition) is 1. The average molecular weight is 257 g/mol. The van der Waals surface area contributed by atoms with E-state index in [-0.39, 0.29) is 10.2 Å². The smallest absolute Gasteiger partial charge is 0.287 e. The summed E-state index contributed by atoms with van der Waals surface area (Å²) in [5, 5.41) is 2.73. The molecule has 0 radical (unpaired) electrons. The maximum absolute atomic E-state index is 10.7. The van der Waals surface area contributed by atoms with Gasteiger partial charge < -0.3 is 5.32 Å². The predicted octanol–water partition coefficient (Wildman–Crippen LogP) is 2.46. The number of rotatable bonds is 3. The van der Waals surface area contributed by atoms with E-state index in [0.29, 0.717) is 6.54 Å². The molecule has 0 spiro atoms. The van der Waals surface area contributed by atoms with Crippen LogP contribution in [-0.4, -0.2) is 16.3 Å². The highest BCUT2D eigenvalue weighted by Gasteiger charge is 2.20. The number of aromatic nitrogens is 1. The van der Waals surface area contributed by atoms with Crippen molar-refractivity contribution in [2.45, 2.75) is 19.3 Å². The Morgan fingerprint density at radius 3 is 2.86 bits per heavy atom. The maximum atomic E-state index is 10.7. The fourth-order valence-electron chi connectivity index (χ4n) is 1.16. The SMILES string of the molecule is CC(C)(CNC(=O)Br)c1cccnc1. The Bertz CT molecular complexity index is 311. The Morgan fingerprint density at radius 1 is 1.64 bits per heavy atom. The summed E-state index contributed by atoms with van der Waals surface area (Å²) in [5.41, 5.74) is 1.01. The Morgan fingerprint density at radius 2 is 2.36 bits per heavy atom. The van der Waals surface area contributed by atoms with Crippen molar-refractivity contribution in [2.24, 2.45) is 0 Å². The fourth-order valence-corrected chi connectivity index (χ4v) is 1.30. The van der Waals surface area contributed by atoms with Gasteiger partial charge in [0, 0.05) is 40.3 Å². The fraction of sp³-hybridized carbons (Fsp3) is 0.400. The molecule has 0 saturated heterocycles. The van der Waals surface area contributed by atoms with Gasteiger partial charge in [0.15, 0.2) is 0 Å². The molecule has 76 valence electrons. The topological polar surface area (TPSA) is 42.0 Å². The summed E-state index contributed by atoms with van der Waals surface area (Å²) in [5.74, 6) is 0. The minimum absolute atomic E-state index is 0.0995. The van der Waals surface area contributed by atoms with E-state index in [0.717, 1.165) is 5.56 Å². The van der Waals surface area contributed by atoms with Crippen LogP contribution < -0.4 is 5.32 Å². The van der Waals surface area contributed by atoms with Crippen LogP contribution in [-0.2, 0) is 5.41 Å². The van der Waals surface area contributed by atoms with Crippen molar-refractivity contribution in [1.29, 1.82) is 0 Å². The van der Waals surface area contributed by atoms with Crippen LogP contribution in [0, 0.1) is 0 Å². The molecule has 0 atom stereocenters. The van der Waals surface area contributed by atoms with Crippen LogP contribution in [0.4, 0.5) is 4.79 Å². The Balaban J connectivity index is 2.70. The van der Waals surface area contributed by atoms with Gasteiger partial charge in [0.2, 0.25) is 0 Å². The largest absolute Gasteiger partial charge is 0.346 e. The standard InChI is InChI=1S/C10H13BrN2O/c1-10(2,7-13-9(11)14)8-4-3-5-12-6-8/h3-6H,7H2,1-2H3,(H,13,14). The zero-order chi connectivity index (χ0) is 10.6. The molecule has 0 fully saturated rings. The lowest BCUT2D eigenvalue weighted by Crippen LogP contribution is -2.34. The van der Waals surface area contributed by atoms with E-state index in [9.17, 15) is 4.79 Å². The van der Waals surface area contributed by atoms with Gasteiger partial charge in [0.1, 0.15) is 0 Å². The minimum atomic E-state index is -0.186. The minimum Gasteiger partial charge on any atom is -0.346 e. The molecule has 3 nitrogen and oxygen atoms in total. The van der Waals surface area contributed by atoms with E-state index in [4.69, 9.17) is 0 Å². The summed E-state index contributed by atoms with van der Waals surface area (Å²) in [4.78, 5) is 14.6. The zero-order valence-electron chi connectivity index (χ0n) is 8.25. The summed E-state index contributed by atoms with van der Waals surface area (Å²) in [6, 6.07) is 3.90. The molecule has 1 aromatic rings. The molecule has 1 amide bonds. The van der Waals surface area contributed by atoms with Gasteiger partial charge in [0.05, 0.1) is 0 Å². The predicted molar refractivity (Wildman–Crippen MR) is 59.6 cm³/mol. The summed E-state index contributed by atoms with van der Waals surface area (Å²) in [7, 11) is 0. The molecule has 1 rings (SSSR count). The van der Waals surface area contributed by atoms with E-state index < -0.39 is 0 Å². The van der Waals surface area contributed by atoms with Crippen molar-refractivity contribution >= 4 is 20.7 Å². The zero-order valence-corrected chi connectivity index (χ0v) is 9.84. The number of pyridine rings is 1. The molecule has 1 heterocycles. The van der Waals surface area contributed by atoms with E-state index in [1.807, 2.05) is 18.3 Å². The first-order chi connectivity index (χ1) is 6.52. The third-order valence-electron chi connectivity index (χ3n) is 2.11. The molecule has 14 heavy (non-hydrogen) atoms. The maximum Gasteiger partial charge on any atom is 0.287 e. The Kier molecular flexibility index (Phi) is 3.63. The molecular formula is C10H13BrN2O. The van der Waals surface area contributed by atoms with Gasteiger partial charge in [-0.05, 0) is 11.6 Å². The van der Waals surface area contributed by atoms with E-state index in [1.165, 1.54) is 0 Å². The van der Waals surface area contributed by atoms with Crippen LogP contribution in [0.2, 0.25) is 0 Å². The quantitative estimate of drug-likeness (QED) is 0.667. The first kappa shape index (κ1) is 11.2. The second-order valence-corrected chi connectivity index (χ2v) is 4.47. The van der Waals surface area contributed by atoms with Crippen LogP contribution in [0.5, 0.6) is 0 Å². The molecule has 1 aromatic heterocycles. The first-order valence-corrected chi connectivity index (χ1v) is 5.15. The molecule has 4 heteroatoms. The number of carbonyl (C=O) groups excluding carboxylic acids is 1. The van der Waals surface area contributed by atoms with E-state index >= 15 is 0 Å². The Hall–Kier alpha value is -0.900. The molecule has 0 bridgehead atoms. The average Bonchev–Trinajstić information content (AvgIpc) is 2.16. The summed E-state index contributed by atoms with van der Waals surface area (Å²) in [6.45, 7) is 4.71. The van der Waals surface area contributed by atoms with Gasteiger partial charge in [-0.25, -0.2) is 0 Å². The molecule has 0 aliphatic heterocycles. The lowest BCUT2D eigenvalue weighted by atomic mass is 9.86. The summed E-state index contributed by atoms with van der Waals surface area (Å²) in [6.07, 6.45) is 3.56. The van der Waals surface area contributed by atoms with Gasteiger partial charge in [0.25, 0.3) is 4.82 Å². The normalized spacial score (nSPS) is 11.1. The van der Waals surface area contributed by atoms with E-state index in [1.54, 1.807) is 6.20 Å². The number of nitrogens with one attached hydrogen (secondary N) is 1. The van der Waals surface area contributed by atoms with Crippen LogP contribution in [0.25, 0.3) is 0 Å². The van der Waals surface area contributed by atoms with Crippen LogP contribution in [0.1, 0.15) is 19.4 Å². The highest BCUT2D eigenvalue weighted by atomic mass is 79.9. The van der Waals surface area contributed by atoms with Crippen molar-refractivity contribution in [1.82, 2.24) is 10.3 Å². The Labute approximate surface area is 92.1 Å². The number of halogens is 1. The lowest BCUT2D eigenvalue weighted by molar-refractivity contribution is 0.259. The third-order valence-corrected chi connectivity index (χ3v) is 2.39. The number of carbonyl (C=O) groups is 1. The molecule has 0 unspecified atom stereocenters. The van der Waals surface area contributed by atoms with Gasteiger partial charge in [-0.3, -0.25) is 9.78 Å². The van der Waals surface area contributed by atoms with Gasteiger partial charge >= 0.3 is 0 Å². The van der Waals surface area contributed by atoms with Gasteiger partial charge in [-0.2, -0.15) is 0 Å². The van der Waals surface area contributed by atoms with Gasteiger partial charge in [-0.15, -0.1) is 0 Å². The third kappa shape index (κ3) is 3.10. The molecular weight excluding hydrogens is 244 g/mol. The number of hydrogen-bond acceptors (Lipinski definition) is 2. The molecule has 1 N–H and O–H groups in total. The number of amides is 1. The van der Waals surface area contributed by atoms with Crippen molar-refractivity contribution in [3.63, 3.8) is 0 Å².